The molecule has 1 unspecified atom stereocenters. The molecular weight excluding hydrogens is 290 g/mol. The molecule has 0 bridgehead atoms. The highest BCUT2D eigenvalue weighted by molar-refractivity contribution is 7.98. The summed E-state index contributed by atoms with van der Waals surface area (Å²) in [5, 5.41) is 24.8. The summed E-state index contributed by atoms with van der Waals surface area (Å²) in [6.45, 7) is 0.102. The van der Waals surface area contributed by atoms with Crippen molar-refractivity contribution in [1.29, 1.82) is 0 Å². The van der Waals surface area contributed by atoms with Crippen LogP contribution < -0.4 is 5.32 Å². The molecular formula is C14H17N3O3S. The van der Waals surface area contributed by atoms with Gasteiger partial charge in [0.15, 0.2) is 0 Å². The first-order valence-electron chi connectivity index (χ1n) is 6.54. The fraction of sp³-hybridized carbons (Fsp3) is 0.357. The normalized spacial score (nSPS) is 12.3. The van der Waals surface area contributed by atoms with Crippen LogP contribution in [0.2, 0.25) is 0 Å². The Hall–Kier alpha value is -1.86. The van der Waals surface area contributed by atoms with Crippen molar-refractivity contribution >= 4 is 33.9 Å². The Morgan fingerprint density at radius 1 is 1.43 bits per heavy atom. The zero-order valence-corrected chi connectivity index (χ0v) is 12.5. The Morgan fingerprint density at radius 3 is 2.90 bits per heavy atom. The van der Waals surface area contributed by atoms with E-state index in [1.165, 1.54) is 12.3 Å². The van der Waals surface area contributed by atoms with E-state index in [0.717, 1.165) is 16.8 Å². The molecule has 0 aliphatic rings. The van der Waals surface area contributed by atoms with Gasteiger partial charge in [0.25, 0.3) is 5.69 Å². The van der Waals surface area contributed by atoms with E-state index >= 15 is 0 Å². The minimum Gasteiger partial charge on any atom is -0.396 e. The van der Waals surface area contributed by atoms with Crippen LogP contribution in [0, 0.1) is 10.1 Å². The van der Waals surface area contributed by atoms with Gasteiger partial charge in [-0.1, -0.05) is 0 Å². The number of benzene rings is 1. The van der Waals surface area contributed by atoms with Crippen molar-refractivity contribution in [2.45, 2.75) is 12.5 Å². The van der Waals surface area contributed by atoms with Gasteiger partial charge in [0, 0.05) is 47.9 Å². The number of pyridine rings is 1. The Balaban J connectivity index is 2.40. The monoisotopic (exact) mass is 307 g/mol. The van der Waals surface area contributed by atoms with Gasteiger partial charge >= 0.3 is 0 Å². The summed E-state index contributed by atoms with van der Waals surface area (Å²) in [5.74, 6) is 0.851. The number of aliphatic hydroxyl groups is 1. The topological polar surface area (TPSA) is 88.3 Å². The van der Waals surface area contributed by atoms with Gasteiger partial charge in [-0.25, -0.2) is 0 Å². The van der Waals surface area contributed by atoms with E-state index in [4.69, 9.17) is 5.11 Å². The van der Waals surface area contributed by atoms with Crippen LogP contribution >= 0.6 is 11.8 Å². The van der Waals surface area contributed by atoms with Crippen molar-refractivity contribution < 1.29 is 10.0 Å². The molecule has 0 saturated heterocycles. The molecule has 0 saturated carbocycles. The number of thioether (sulfide) groups is 1. The molecule has 2 rings (SSSR count). The maximum absolute atomic E-state index is 11.1. The summed E-state index contributed by atoms with van der Waals surface area (Å²) in [7, 11) is 0. The molecule has 0 spiro atoms. The summed E-state index contributed by atoms with van der Waals surface area (Å²) < 4.78 is 0. The molecule has 1 heterocycles. The number of nitrogens with zero attached hydrogens (tertiary/aromatic N) is 2. The molecule has 0 aliphatic heterocycles. The smallest absolute Gasteiger partial charge is 0.278 e. The number of anilines is 1. The van der Waals surface area contributed by atoms with Crippen LogP contribution in [0.5, 0.6) is 0 Å². The molecule has 1 aromatic heterocycles. The van der Waals surface area contributed by atoms with Crippen molar-refractivity contribution in [1.82, 2.24) is 4.98 Å². The number of nitrogens with one attached hydrogen (secondary N) is 1. The van der Waals surface area contributed by atoms with Crippen LogP contribution in [0.3, 0.4) is 0 Å². The highest BCUT2D eigenvalue weighted by Gasteiger charge is 2.16. The second-order valence-electron chi connectivity index (χ2n) is 4.62. The number of hydrogen-bond donors (Lipinski definition) is 2. The minimum absolute atomic E-state index is 0.0484. The molecule has 1 aromatic carbocycles. The van der Waals surface area contributed by atoms with Gasteiger partial charge in [-0.3, -0.25) is 15.1 Å². The molecule has 21 heavy (non-hydrogen) atoms. The van der Waals surface area contributed by atoms with Crippen LogP contribution in [-0.4, -0.2) is 39.7 Å². The van der Waals surface area contributed by atoms with Crippen molar-refractivity contribution in [3.8, 4) is 0 Å². The summed E-state index contributed by atoms with van der Waals surface area (Å²) >= 11 is 1.69. The van der Waals surface area contributed by atoms with E-state index in [1.54, 1.807) is 30.1 Å². The third-order valence-electron chi connectivity index (χ3n) is 3.20. The van der Waals surface area contributed by atoms with Crippen molar-refractivity contribution in [3.63, 3.8) is 0 Å². The second-order valence-corrected chi connectivity index (χ2v) is 5.53. The molecule has 112 valence electrons. The molecule has 2 aromatic rings. The molecule has 0 aliphatic carbocycles. The van der Waals surface area contributed by atoms with Crippen molar-refractivity contribution in [3.05, 3.63) is 40.7 Å². The fourth-order valence-electron chi connectivity index (χ4n) is 2.23. The van der Waals surface area contributed by atoms with Gasteiger partial charge in [-0.05, 0) is 24.8 Å². The third-order valence-corrected chi connectivity index (χ3v) is 3.93. The highest BCUT2D eigenvalue weighted by atomic mass is 32.2. The lowest BCUT2D eigenvalue weighted by Crippen LogP contribution is -2.23. The van der Waals surface area contributed by atoms with Crippen molar-refractivity contribution in [2.75, 3.05) is 23.9 Å². The molecule has 6 nitrogen and oxygen atoms in total. The first-order valence-corrected chi connectivity index (χ1v) is 7.94. The lowest BCUT2D eigenvalue weighted by Gasteiger charge is -2.19. The number of aliphatic hydroxyl groups excluding tert-OH is 1. The highest BCUT2D eigenvalue weighted by Crippen LogP contribution is 2.31. The first-order chi connectivity index (χ1) is 10.2. The van der Waals surface area contributed by atoms with Gasteiger partial charge in [0.05, 0.1) is 10.3 Å². The third kappa shape index (κ3) is 3.62. The molecule has 1 atom stereocenters. The summed E-state index contributed by atoms with van der Waals surface area (Å²) in [4.78, 5) is 14.6. The Kier molecular flexibility index (Phi) is 5.35. The standard InChI is InChI=1S/C14H17N3O3S/c1-21-9-10(5-7-18)16-13-2-3-14(17(19)20)12-8-15-6-4-11(12)13/h2-4,6,8,10,16,18H,5,7,9H2,1H3. The van der Waals surface area contributed by atoms with Gasteiger partial charge in [0.2, 0.25) is 0 Å². The number of nitro benzene ring substituents is 1. The predicted molar refractivity (Wildman–Crippen MR) is 85.9 cm³/mol. The van der Waals surface area contributed by atoms with E-state index in [2.05, 4.69) is 10.3 Å². The van der Waals surface area contributed by atoms with Gasteiger partial charge in [0.1, 0.15) is 0 Å². The Labute approximate surface area is 126 Å². The molecule has 0 fully saturated rings. The summed E-state index contributed by atoms with van der Waals surface area (Å²) in [6, 6.07) is 5.08. The number of rotatable bonds is 7. The molecule has 2 N–H and O–H groups in total. The van der Waals surface area contributed by atoms with Crippen molar-refractivity contribution in [2.24, 2.45) is 0 Å². The van der Waals surface area contributed by atoms with E-state index < -0.39 is 4.92 Å². The van der Waals surface area contributed by atoms with Crippen LogP contribution in [0.1, 0.15) is 6.42 Å². The Morgan fingerprint density at radius 2 is 2.24 bits per heavy atom. The number of non-ortho nitro benzene ring substituents is 1. The lowest BCUT2D eigenvalue weighted by molar-refractivity contribution is -0.383. The molecule has 0 radical (unpaired) electrons. The van der Waals surface area contributed by atoms with Crippen LogP contribution in [0.4, 0.5) is 11.4 Å². The van der Waals surface area contributed by atoms with E-state index in [0.29, 0.717) is 11.8 Å². The SMILES string of the molecule is CSCC(CCO)Nc1ccc([N+](=O)[O-])c2cnccc12. The maximum atomic E-state index is 11.1. The summed E-state index contributed by atoms with van der Waals surface area (Å²) in [5.41, 5.74) is 0.873. The lowest BCUT2D eigenvalue weighted by atomic mass is 10.1. The van der Waals surface area contributed by atoms with E-state index in [-0.39, 0.29) is 18.3 Å². The fourth-order valence-corrected chi connectivity index (χ4v) is 2.89. The number of nitro groups is 1. The van der Waals surface area contributed by atoms with Gasteiger partial charge < -0.3 is 10.4 Å². The largest absolute Gasteiger partial charge is 0.396 e. The minimum atomic E-state index is -0.402. The predicted octanol–water partition coefficient (Wildman–Crippen LogP) is 2.67. The average molecular weight is 307 g/mol. The zero-order chi connectivity index (χ0) is 15.2. The number of aromatic nitrogens is 1. The zero-order valence-electron chi connectivity index (χ0n) is 11.7. The quantitative estimate of drug-likeness (QED) is 0.604. The van der Waals surface area contributed by atoms with Gasteiger partial charge in [-0.2, -0.15) is 11.8 Å². The van der Waals surface area contributed by atoms with Gasteiger partial charge in [-0.15, -0.1) is 0 Å². The number of fused-ring (bicyclic) bond motifs is 1. The van der Waals surface area contributed by atoms with Crippen LogP contribution in [0.25, 0.3) is 10.8 Å². The average Bonchev–Trinajstić information content (AvgIpc) is 2.47. The van der Waals surface area contributed by atoms with E-state index in [9.17, 15) is 10.1 Å². The molecule has 0 amide bonds. The van der Waals surface area contributed by atoms with E-state index in [1.807, 2.05) is 6.26 Å². The Bertz CT molecular complexity index is 630. The van der Waals surface area contributed by atoms with Crippen LogP contribution in [0.15, 0.2) is 30.6 Å². The summed E-state index contributed by atoms with van der Waals surface area (Å²) in [6.07, 6.45) is 5.76. The maximum Gasteiger partial charge on any atom is 0.278 e. The first kappa shape index (κ1) is 15.5. The number of hydrogen-bond acceptors (Lipinski definition) is 6. The van der Waals surface area contributed by atoms with Crippen LogP contribution in [-0.2, 0) is 0 Å². The molecule has 7 heteroatoms. The second kappa shape index (κ2) is 7.24.